The molecule has 0 saturated heterocycles. The average molecular weight is 112 g/mol. The molecule has 0 aromatic carbocycles. The van der Waals surface area contributed by atoms with Gasteiger partial charge in [-0.3, -0.25) is 0 Å². The topological polar surface area (TPSA) is 22.4 Å². The molecule has 0 unspecified atom stereocenters. The van der Waals surface area contributed by atoms with E-state index in [9.17, 15) is 0 Å². The third-order valence-corrected chi connectivity index (χ3v) is 0.908. The van der Waals surface area contributed by atoms with Crippen LogP contribution in [0.15, 0.2) is 16.7 Å². The fraction of sp³-hybridized carbons (Fsp3) is 0.333. The van der Waals surface area contributed by atoms with Crippen molar-refractivity contribution in [1.29, 1.82) is 0 Å². The summed E-state index contributed by atoms with van der Waals surface area (Å²) in [6, 6.07) is 1.83. The molecule has 2 nitrogen and oxygen atoms in total. The molecule has 8 heavy (non-hydrogen) atoms. The van der Waals surface area contributed by atoms with Crippen LogP contribution in [0.3, 0.4) is 0 Å². The van der Waals surface area contributed by atoms with Crippen molar-refractivity contribution in [2.75, 3.05) is 7.11 Å². The van der Waals surface area contributed by atoms with Crippen LogP contribution in [0, 0.1) is 6.92 Å². The lowest BCUT2D eigenvalue weighted by atomic mass is 10.4. The van der Waals surface area contributed by atoms with Crippen molar-refractivity contribution in [1.82, 2.24) is 0 Å². The van der Waals surface area contributed by atoms with Gasteiger partial charge in [0.05, 0.1) is 13.4 Å². The van der Waals surface area contributed by atoms with Gasteiger partial charge in [0.1, 0.15) is 0 Å². The van der Waals surface area contributed by atoms with Gasteiger partial charge in [0, 0.05) is 6.07 Å². The predicted molar refractivity (Wildman–Crippen MR) is 30.0 cm³/mol. The van der Waals surface area contributed by atoms with E-state index in [1.165, 1.54) is 0 Å². The maximum Gasteiger partial charge on any atom is 0.284 e. The van der Waals surface area contributed by atoms with Gasteiger partial charge in [0.25, 0.3) is 5.95 Å². The first-order chi connectivity index (χ1) is 3.83. The summed E-state index contributed by atoms with van der Waals surface area (Å²) in [6.45, 7) is 1.95. The van der Waals surface area contributed by atoms with Gasteiger partial charge in [-0.2, -0.15) is 0 Å². The van der Waals surface area contributed by atoms with Crippen LogP contribution in [0.25, 0.3) is 0 Å². The first-order valence-electron chi connectivity index (χ1n) is 2.42. The normalized spacial score (nSPS) is 9.25. The fourth-order valence-corrected chi connectivity index (χ4v) is 0.512. The van der Waals surface area contributed by atoms with E-state index in [0.29, 0.717) is 5.95 Å². The van der Waals surface area contributed by atoms with Crippen LogP contribution in [-0.2, 0) is 0 Å². The number of rotatable bonds is 1. The Morgan fingerprint density at radius 3 is 2.62 bits per heavy atom. The lowest BCUT2D eigenvalue weighted by molar-refractivity contribution is 0.305. The van der Waals surface area contributed by atoms with E-state index >= 15 is 0 Å². The van der Waals surface area contributed by atoms with Gasteiger partial charge < -0.3 is 9.15 Å². The van der Waals surface area contributed by atoms with Gasteiger partial charge in [-0.25, -0.2) is 0 Å². The zero-order valence-corrected chi connectivity index (χ0v) is 4.97. The van der Waals surface area contributed by atoms with Gasteiger partial charge in [0.2, 0.25) is 0 Å². The Hall–Kier alpha value is -0.920. The smallest absolute Gasteiger partial charge is 0.284 e. The van der Waals surface area contributed by atoms with Gasteiger partial charge in [-0.1, -0.05) is 0 Å². The third-order valence-electron chi connectivity index (χ3n) is 0.908. The molecule has 1 rings (SSSR count). The number of ether oxygens (including phenoxy) is 1. The van der Waals surface area contributed by atoms with Crippen molar-refractivity contribution < 1.29 is 9.15 Å². The summed E-state index contributed by atoms with van der Waals surface area (Å²) in [5.74, 6) is 0.572. The SMILES string of the molecule is COc1cc(C)co1. The van der Waals surface area contributed by atoms with E-state index in [4.69, 9.17) is 9.15 Å². The van der Waals surface area contributed by atoms with Crippen LogP contribution >= 0.6 is 0 Å². The second-order valence-electron chi connectivity index (χ2n) is 1.65. The first-order valence-corrected chi connectivity index (χ1v) is 2.42. The zero-order chi connectivity index (χ0) is 5.98. The highest BCUT2D eigenvalue weighted by Gasteiger charge is 1.92. The van der Waals surface area contributed by atoms with Crippen molar-refractivity contribution in [3.05, 3.63) is 17.9 Å². The number of aryl methyl sites for hydroxylation is 1. The lowest BCUT2D eigenvalue weighted by Crippen LogP contribution is -1.75. The molecule has 1 aromatic heterocycles. The molecule has 0 saturated carbocycles. The summed E-state index contributed by atoms with van der Waals surface area (Å²) in [4.78, 5) is 0. The van der Waals surface area contributed by atoms with E-state index in [-0.39, 0.29) is 0 Å². The Morgan fingerprint density at radius 2 is 2.38 bits per heavy atom. The van der Waals surface area contributed by atoms with Crippen LogP contribution < -0.4 is 4.74 Å². The molecular weight excluding hydrogens is 104 g/mol. The molecule has 2 heteroatoms. The Bertz CT molecular complexity index is 167. The van der Waals surface area contributed by atoms with Crippen molar-refractivity contribution >= 4 is 0 Å². The van der Waals surface area contributed by atoms with E-state index in [1.54, 1.807) is 13.4 Å². The Balaban J connectivity index is 2.84. The molecule has 0 aliphatic heterocycles. The fourth-order valence-electron chi connectivity index (χ4n) is 0.512. The minimum absolute atomic E-state index is 0.572. The van der Waals surface area contributed by atoms with Crippen LogP contribution in [0.2, 0.25) is 0 Å². The molecule has 0 N–H and O–H groups in total. The minimum Gasteiger partial charge on any atom is -0.468 e. The van der Waals surface area contributed by atoms with Crippen LogP contribution in [0.1, 0.15) is 5.56 Å². The predicted octanol–water partition coefficient (Wildman–Crippen LogP) is 1.60. The maximum atomic E-state index is 4.89. The molecule has 0 aliphatic rings. The number of methoxy groups -OCH3 is 1. The summed E-state index contributed by atoms with van der Waals surface area (Å²) in [7, 11) is 1.58. The highest BCUT2D eigenvalue weighted by molar-refractivity contribution is 5.14. The largest absolute Gasteiger partial charge is 0.468 e. The lowest BCUT2D eigenvalue weighted by Gasteiger charge is -1.85. The molecule has 1 heterocycles. The molecule has 0 radical (unpaired) electrons. The summed E-state index contributed by atoms with van der Waals surface area (Å²) in [5, 5.41) is 0. The second-order valence-corrected chi connectivity index (χ2v) is 1.65. The molecule has 44 valence electrons. The molecular formula is C6H8O2. The van der Waals surface area contributed by atoms with Crippen molar-refractivity contribution in [2.24, 2.45) is 0 Å². The summed E-state index contributed by atoms with van der Waals surface area (Å²) in [6.07, 6.45) is 1.65. The van der Waals surface area contributed by atoms with E-state index in [0.717, 1.165) is 5.56 Å². The summed E-state index contributed by atoms with van der Waals surface area (Å²) >= 11 is 0. The van der Waals surface area contributed by atoms with Gasteiger partial charge in [0.15, 0.2) is 0 Å². The highest BCUT2D eigenvalue weighted by Crippen LogP contribution is 2.12. The molecule has 0 aliphatic carbocycles. The summed E-state index contributed by atoms with van der Waals surface area (Å²) in [5.41, 5.74) is 1.09. The van der Waals surface area contributed by atoms with Crippen LogP contribution in [-0.4, -0.2) is 7.11 Å². The first kappa shape index (κ1) is 5.22. The number of hydrogen-bond acceptors (Lipinski definition) is 2. The van der Waals surface area contributed by atoms with Crippen molar-refractivity contribution in [3.63, 3.8) is 0 Å². The molecule has 0 bridgehead atoms. The third kappa shape index (κ3) is 0.832. The Kier molecular flexibility index (Phi) is 1.24. The standard InChI is InChI=1S/C6H8O2/c1-5-3-6(7-2)8-4-5/h3-4H,1-2H3. The van der Waals surface area contributed by atoms with E-state index in [2.05, 4.69) is 0 Å². The molecule has 1 aromatic rings. The average Bonchev–Trinajstić information content (AvgIpc) is 2.14. The van der Waals surface area contributed by atoms with Crippen molar-refractivity contribution in [3.8, 4) is 5.95 Å². The molecule has 0 atom stereocenters. The van der Waals surface area contributed by atoms with Gasteiger partial charge >= 0.3 is 0 Å². The Morgan fingerprint density at radius 1 is 1.62 bits per heavy atom. The van der Waals surface area contributed by atoms with Gasteiger partial charge in [-0.05, 0) is 12.5 Å². The molecule has 0 spiro atoms. The van der Waals surface area contributed by atoms with Crippen LogP contribution in [0.5, 0.6) is 5.95 Å². The molecule has 0 fully saturated rings. The maximum absolute atomic E-state index is 4.89. The highest BCUT2D eigenvalue weighted by atomic mass is 16.6. The second kappa shape index (κ2) is 1.90. The van der Waals surface area contributed by atoms with Gasteiger partial charge in [-0.15, -0.1) is 0 Å². The number of hydrogen-bond donors (Lipinski definition) is 0. The van der Waals surface area contributed by atoms with Crippen LogP contribution in [0.4, 0.5) is 0 Å². The monoisotopic (exact) mass is 112 g/mol. The zero-order valence-electron chi connectivity index (χ0n) is 4.97. The molecule has 0 amide bonds. The summed E-state index contributed by atoms with van der Waals surface area (Å²) < 4.78 is 9.66. The minimum atomic E-state index is 0.572. The van der Waals surface area contributed by atoms with Crippen molar-refractivity contribution in [2.45, 2.75) is 6.92 Å². The quantitative estimate of drug-likeness (QED) is 0.550. The Labute approximate surface area is 48.1 Å². The van der Waals surface area contributed by atoms with E-state index in [1.807, 2.05) is 13.0 Å². The number of furan rings is 1. The van der Waals surface area contributed by atoms with E-state index < -0.39 is 0 Å².